The summed E-state index contributed by atoms with van der Waals surface area (Å²) in [6.45, 7) is -0.129. The van der Waals surface area contributed by atoms with Gasteiger partial charge in [-0.2, -0.15) is 0 Å². The van der Waals surface area contributed by atoms with E-state index in [0.717, 1.165) is 10.9 Å². The molecular weight excluding hydrogens is 354 g/mol. The lowest BCUT2D eigenvalue weighted by molar-refractivity contribution is 0.0464. The summed E-state index contributed by atoms with van der Waals surface area (Å²) in [6.07, 6.45) is 1.73. The fraction of sp³-hybridized carbons (Fsp3) is 0.105. The number of carbonyl (C=O) groups is 1. The maximum Gasteiger partial charge on any atom is 0.340 e. The number of benzene rings is 2. The van der Waals surface area contributed by atoms with E-state index < -0.39 is 5.97 Å². The van der Waals surface area contributed by atoms with Crippen molar-refractivity contribution in [3.05, 3.63) is 75.4 Å². The molecule has 0 aliphatic heterocycles. The fourth-order valence-corrected chi connectivity index (χ4v) is 3.12. The minimum Gasteiger partial charge on any atom is -0.454 e. The number of aryl methyl sites for hydroxylation is 1. The molecule has 0 bridgehead atoms. The van der Waals surface area contributed by atoms with E-state index in [1.807, 2.05) is 35.9 Å². The highest BCUT2D eigenvalue weighted by atomic mass is 35.5. The SMILES string of the molecule is Cn1cc(C(=O)OCc2nc3ccc(Cl)cc3c(=O)[nH]2)c2ccccc21. The van der Waals surface area contributed by atoms with Crippen LogP contribution >= 0.6 is 11.6 Å². The molecule has 2 heterocycles. The van der Waals surface area contributed by atoms with E-state index in [9.17, 15) is 9.59 Å². The van der Waals surface area contributed by atoms with Crippen LogP contribution in [0.4, 0.5) is 0 Å². The molecule has 4 rings (SSSR count). The zero-order valence-corrected chi connectivity index (χ0v) is 14.6. The number of nitrogens with zero attached hydrogens (tertiary/aromatic N) is 2. The molecule has 130 valence electrons. The molecule has 2 aromatic carbocycles. The number of carbonyl (C=O) groups excluding carboxylic acids is 1. The molecule has 1 N–H and O–H groups in total. The van der Waals surface area contributed by atoms with Gasteiger partial charge in [0.25, 0.3) is 5.56 Å². The minimum atomic E-state index is -0.472. The summed E-state index contributed by atoms with van der Waals surface area (Å²) in [7, 11) is 1.87. The number of H-pyrrole nitrogens is 1. The summed E-state index contributed by atoms with van der Waals surface area (Å²) in [5, 5.41) is 1.66. The maximum atomic E-state index is 12.5. The molecule has 0 aliphatic carbocycles. The van der Waals surface area contributed by atoms with Gasteiger partial charge in [-0.05, 0) is 24.3 Å². The van der Waals surface area contributed by atoms with Crippen molar-refractivity contribution in [1.82, 2.24) is 14.5 Å². The minimum absolute atomic E-state index is 0.129. The van der Waals surface area contributed by atoms with Gasteiger partial charge in [0.05, 0.1) is 16.5 Å². The van der Waals surface area contributed by atoms with Gasteiger partial charge >= 0.3 is 5.97 Å². The van der Waals surface area contributed by atoms with E-state index in [4.69, 9.17) is 16.3 Å². The van der Waals surface area contributed by atoms with Crippen LogP contribution in [-0.4, -0.2) is 20.5 Å². The number of nitrogens with one attached hydrogen (secondary N) is 1. The van der Waals surface area contributed by atoms with Crippen LogP contribution in [0.2, 0.25) is 5.02 Å². The summed E-state index contributed by atoms with van der Waals surface area (Å²) < 4.78 is 7.22. The highest BCUT2D eigenvalue weighted by Crippen LogP contribution is 2.21. The average Bonchev–Trinajstić information content (AvgIpc) is 2.98. The van der Waals surface area contributed by atoms with Gasteiger partial charge in [0.15, 0.2) is 0 Å². The van der Waals surface area contributed by atoms with Gasteiger partial charge in [-0.3, -0.25) is 4.79 Å². The molecule has 0 fully saturated rings. The van der Waals surface area contributed by atoms with Crippen molar-refractivity contribution in [2.45, 2.75) is 6.61 Å². The average molecular weight is 368 g/mol. The van der Waals surface area contributed by atoms with Crippen molar-refractivity contribution in [3.8, 4) is 0 Å². The van der Waals surface area contributed by atoms with Crippen LogP contribution in [0.3, 0.4) is 0 Å². The van der Waals surface area contributed by atoms with E-state index in [0.29, 0.717) is 21.5 Å². The molecule has 2 aromatic heterocycles. The Morgan fingerprint density at radius 1 is 1.23 bits per heavy atom. The number of esters is 1. The van der Waals surface area contributed by atoms with Crippen molar-refractivity contribution in [3.63, 3.8) is 0 Å². The van der Waals surface area contributed by atoms with E-state index in [1.54, 1.807) is 24.4 Å². The largest absolute Gasteiger partial charge is 0.454 e. The van der Waals surface area contributed by atoms with E-state index in [-0.39, 0.29) is 18.0 Å². The van der Waals surface area contributed by atoms with Crippen molar-refractivity contribution in [2.24, 2.45) is 7.05 Å². The highest BCUT2D eigenvalue weighted by Gasteiger charge is 2.15. The second-order valence-corrected chi connectivity index (χ2v) is 6.36. The number of fused-ring (bicyclic) bond motifs is 2. The molecule has 0 amide bonds. The molecule has 7 heteroatoms. The first-order chi connectivity index (χ1) is 12.5. The molecule has 4 aromatic rings. The molecule has 0 saturated carbocycles. The Morgan fingerprint density at radius 3 is 2.88 bits per heavy atom. The van der Waals surface area contributed by atoms with Crippen LogP contribution in [0.25, 0.3) is 21.8 Å². The second-order valence-electron chi connectivity index (χ2n) is 5.92. The van der Waals surface area contributed by atoms with Gasteiger partial charge in [-0.15, -0.1) is 0 Å². The first-order valence-electron chi connectivity index (χ1n) is 7.92. The van der Waals surface area contributed by atoms with Crippen LogP contribution in [0.15, 0.2) is 53.5 Å². The third-order valence-electron chi connectivity index (χ3n) is 4.17. The highest BCUT2D eigenvalue weighted by molar-refractivity contribution is 6.31. The zero-order chi connectivity index (χ0) is 18.3. The van der Waals surface area contributed by atoms with Crippen LogP contribution in [0.5, 0.6) is 0 Å². The first kappa shape index (κ1) is 16.4. The van der Waals surface area contributed by atoms with Crippen LogP contribution in [-0.2, 0) is 18.4 Å². The third kappa shape index (κ3) is 2.84. The first-order valence-corrected chi connectivity index (χ1v) is 8.30. The lowest BCUT2D eigenvalue weighted by Gasteiger charge is -2.05. The Hall–Kier alpha value is -3.12. The Morgan fingerprint density at radius 2 is 2.04 bits per heavy atom. The van der Waals surface area contributed by atoms with Crippen molar-refractivity contribution >= 4 is 39.4 Å². The number of halogens is 1. The smallest absolute Gasteiger partial charge is 0.340 e. The third-order valence-corrected chi connectivity index (χ3v) is 4.41. The number of aromatic amines is 1. The summed E-state index contributed by atoms with van der Waals surface area (Å²) in [5.41, 5.74) is 1.58. The van der Waals surface area contributed by atoms with Gasteiger partial charge in [-0.25, -0.2) is 9.78 Å². The molecule has 6 nitrogen and oxygen atoms in total. The molecule has 0 unspecified atom stereocenters. The van der Waals surface area contributed by atoms with Gasteiger partial charge in [0.1, 0.15) is 12.4 Å². The van der Waals surface area contributed by atoms with Crippen molar-refractivity contribution in [2.75, 3.05) is 0 Å². The van der Waals surface area contributed by atoms with Gasteiger partial charge < -0.3 is 14.3 Å². The van der Waals surface area contributed by atoms with Crippen LogP contribution in [0.1, 0.15) is 16.2 Å². The predicted octanol–water partition coefficient (Wildman–Crippen LogP) is 3.43. The molecule has 0 radical (unpaired) electrons. The Balaban J connectivity index is 1.60. The van der Waals surface area contributed by atoms with Crippen LogP contribution in [0, 0.1) is 0 Å². The monoisotopic (exact) mass is 367 g/mol. The predicted molar refractivity (Wildman–Crippen MR) is 99.4 cm³/mol. The normalized spacial score (nSPS) is 11.2. The lowest BCUT2D eigenvalue weighted by atomic mass is 10.2. The fourth-order valence-electron chi connectivity index (χ4n) is 2.94. The van der Waals surface area contributed by atoms with E-state index in [2.05, 4.69) is 9.97 Å². The number of hydrogen-bond donors (Lipinski definition) is 1. The van der Waals surface area contributed by atoms with E-state index in [1.165, 1.54) is 0 Å². The molecule has 26 heavy (non-hydrogen) atoms. The summed E-state index contributed by atoms with van der Waals surface area (Å²) in [5.74, 6) is -0.195. The topological polar surface area (TPSA) is 77.0 Å². The lowest BCUT2D eigenvalue weighted by Crippen LogP contribution is -2.14. The number of ether oxygens (including phenoxy) is 1. The molecular formula is C19H14ClN3O3. The number of para-hydroxylation sites is 1. The van der Waals surface area contributed by atoms with Gasteiger partial charge in [0, 0.05) is 29.2 Å². The quantitative estimate of drug-likeness (QED) is 0.563. The van der Waals surface area contributed by atoms with Gasteiger partial charge in [-0.1, -0.05) is 29.8 Å². The molecule has 0 atom stereocenters. The molecule has 0 spiro atoms. The Bertz CT molecular complexity index is 1210. The molecule has 0 aliphatic rings. The number of aromatic nitrogens is 3. The number of hydrogen-bond acceptors (Lipinski definition) is 4. The Kier molecular flexibility index (Phi) is 3.97. The van der Waals surface area contributed by atoms with E-state index >= 15 is 0 Å². The summed E-state index contributed by atoms with van der Waals surface area (Å²) in [6, 6.07) is 12.4. The maximum absolute atomic E-state index is 12.5. The van der Waals surface area contributed by atoms with Crippen LogP contribution < -0.4 is 5.56 Å². The van der Waals surface area contributed by atoms with Crippen molar-refractivity contribution < 1.29 is 9.53 Å². The second kappa shape index (κ2) is 6.31. The van der Waals surface area contributed by atoms with Gasteiger partial charge in [0.2, 0.25) is 0 Å². The molecule has 0 saturated heterocycles. The van der Waals surface area contributed by atoms with Crippen molar-refractivity contribution in [1.29, 1.82) is 0 Å². The zero-order valence-electron chi connectivity index (χ0n) is 13.8. The standard InChI is InChI=1S/C19H14ClN3O3/c1-23-9-14(12-4-2-3-5-16(12)23)19(25)26-10-17-21-15-7-6-11(20)8-13(15)18(24)22-17/h2-9H,10H2,1H3,(H,21,22,24). The Labute approximate surface area is 153 Å². The summed E-state index contributed by atoms with van der Waals surface area (Å²) in [4.78, 5) is 31.5. The summed E-state index contributed by atoms with van der Waals surface area (Å²) >= 11 is 5.90. The number of rotatable bonds is 3.